The number of hydrogen-bond acceptors (Lipinski definition) is 4. The normalized spacial score (nSPS) is 15.4. The standard InChI is InChI=1S/C20H19ClN2O2S/c1-13-5-7-14(8-6-13)19(24)23-11-9-15(10-12-23)25-20-22-18-16(21)3-2-4-17(18)26-20/h2-8,15H,9-12H2,1H3. The van der Waals surface area contributed by atoms with Crippen molar-refractivity contribution in [3.8, 4) is 5.19 Å². The van der Waals surface area contributed by atoms with E-state index in [2.05, 4.69) is 4.98 Å². The van der Waals surface area contributed by atoms with Crippen molar-refractivity contribution in [2.45, 2.75) is 25.9 Å². The largest absolute Gasteiger partial charge is 0.467 e. The number of amides is 1. The highest BCUT2D eigenvalue weighted by Crippen LogP contribution is 2.33. The molecule has 0 radical (unpaired) electrons. The van der Waals surface area contributed by atoms with Crippen LogP contribution in [-0.2, 0) is 0 Å². The van der Waals surface area contributed by atoms with Gasteiger partial charge in [-0.1, -0.05) is 46.7 Å². The summed E-state index contributed by atoms with van der Waals surface area (Å²) < 4.78 is 7.08. The lowest BCUT2D eigenvalue weighted by Gasteiger charge is -2.31. The van der Waals surface area contributed by atoms with Gasteiger partial charge in [0.15, 0.2) is 0 Å². The number of aryl methyl sites for hydroxylation is 1. The third-order valence-electron chi connectivity index (χ3n) is 4.65. The first-order chi connectivity index (χ1) is 12.6. The number of ether oxygens (including phenoxy) is 1. The maximum atomic E-state index is 12.6. The highest BCUT2D eigenvalue weighted by atomic mass is 35.5. The van der Waals surface area contributed by atoms with E-state index in [1.165, 1.54) is 11.3 Å². The number of nitrogens with zero attached hydrogens (tertiary/aromatic N) is 2. The molecule has 2 heterocycles. The third-order valence-corrected chi connectivity index (χ3v) is 5.86. The number of aromatic nitrogens is 1. The second-order valence-corrected chi connectivity index (χ2v) is 7.94. The van der Waals surface area contributed by atoms with Gasteiger partial charge in [0.2, 0.25) is 0 Å². The molecule has 3 aromatic rings. The Hall–Kier alpha value is -2.11. The highest BCUT2D eigenvalue weighted by Gasteiger charge is 2.25. The summed E-state index contributed by atoms with van der Waals surface area (Å²) in [4.78, 5) is 19.0. The van der Waals surface area contributed by atoms with Crippen molar-refractivity contribution in [3.05, 3.63) is 58.6 Å². The fourth-order valence-electron chi connectivity index (χ4n) is 3.14. The van der Waals surface area contributed by atoms with Crippen LogP contribution in [0.25, 0.3) is 10.2 Å². The number of para-hydroxylation sites is 1. The Kier molecular flexibility index (Phi) is 4.83. The van der Waals surface area contributed by atoms with Crippen LogP contribution in [0.1, 0.15) is 28.8 Å². The minimum Gasteiger partial charge on any atom is -0.467 e. The van der Waals surface area contributed by atoms with Crippen molar-refractivity contribution in [3.63, 3.8) is 0 Å². The highest BCUT2D eigenvalue weighted by molar-refractivity contribution is 7.20. The maximum Gasteiger partial charge on any atom is 0.274 e. The van der Waals surface area contributed by atoms with E-state index in [0.717, 1.165) is 34.2 Å². The number of thiazole rings is 1. The lowest BCUT2D eigenvalue weighted by molar-refractivity contribution is 0.0595. The number of carbonyl (C=O) groups excluding carboxylic acids is 1. The SMILES string of the molecule is Cc1ccc(C(=O)N2CCC(Oc3nc4c(Cl)cccc4s3)CC2)cc1. The molecule has 1 amide bonds. The molecule has 2 aromatic carbocycles. The minimum atomic E-state index is 0.0800. The van der Waals surface area contributed by atoms with Crippen LogP contribution in [0.15, 0.2) is 42.5 Å². The lowest BCUT2D eigenvalue weighted by Crippen LogP contribution is -2.41. The van der Waals surface area contributed by atoms with Crippen molar-refractivity contribution >= 4 is 39.1 Å². The fraction of sp³-hybridized carbons (Fsp3) is 0.300. The maximum absolute atomic E-state index is 12.6. The number of likely N-dealkylation sites (tertiary alicyclic amines) is 1. The molecule has 134 valence electrons. The first-order valence-corrected chi connectivity index (χ1v) is 9.87. The minimum absolute atomic E-state index is 0.0800. The van der Waals surface area contributed by atoms with E-state index in [1.54, 1.807) is 0 Å². The van der Waals surface area contributed by atoms with Crippen LogP contribution in [-0.4, -0.2) is 35.0 Å². The Morgan fingerprint density at radius 3 is 2.62 bits per heavy atom. The molecule has 1 aliphatic rings. The summed E-state index contributed by atoms with van der Waals surface area (Å²) in [6.45, 7) is 3.42. The van der Waals surface area contributed by atoms with Crippen molar-refractivity contribution in [2.75, 3.05) is 13.1 Å². The van der Waals surface area contributed by atoms with E-state index >= 15 is 0 Å². The molecule has 4 nitrogen and oxygen atoms in total. The first-order valence-electron chi connectivity index (χ1n) is 8.68. The summed E-state index contributed by atoms with van der Waals surface area (Å²) in [5.41, 5.74) is 2.70. The zero-order chi connectivity index (χ0) is 18.1. The Bertz CT molecular complexity index is 931. The van der Waals surface area contributed by atoms with Crippen molar-refractivity contribution in [1.29, 1.82) is 0 Å². The number of rotatable bonds is 3. The van der Waals surface area contributed by atoms with Crippen molar-refractivity contribution in [1.82, 2.24) is 9.88 Å². The molecule has 0 atom stereocenters. The van der Waals surface area contributed by atoms with Crippen LogP contribution >= 0.6 is 22.9 Å². The monoisotopic (exact) mass is 386 g/mol. The molecule has 0 bridgehead atoms. The van der Waals surface area contributed by atoms with Crippen LogP contribution < -0.4 is 4.74 Å². The van der Waals surface area contributed by atoms with Gasteiger partial charge in [-0.3, -0.25) is 4.79 Å². The van der Waals surface area contributed by atoms with E-state index in [-0.39, 0.29) is 12.0 Å². The number of halogens is 1. The summed E-state index contributed by atoms with van der Waals surface area (Å²) in [6, 6.07) is 13.5. The molecule has 0 N–H and O–H groups in total. The molecule has 0 aliphatic carbocycles. The van der Waals surface area contributed by atoms with Crippen LogP contribution in [0, 0.1) is 6.92 Å². The molecule has 4 rings (SSSR count). The van der Waals surface area contributed by atoms with Gasteiger partial charge in [-0.25, -0.2) is 4.98 Å². The van der Waals surface area contributed by atoms with Crippen LogP contribution in [0.3, 0.4) is 0 Å². The first kappa shape index (κ1) is 17.3. The van der Waals surface area contributed by atoms with Crippen molar-refractivity contribution in [2.24, 2.45) is 0 Å². The van der Waals surface area contributed by atoms with Gasteiger partial charge in [-0.05, 0) is 31.2 Å². The lowest BCUT2D eigenvalue weighted by atomic mass is 10.1. The van der Waals surface area contributed by atoms with E-state index < -0.39 is 0 Å². The molecule has 26 heavy (non-hydrogen) atoms. The number of hydrogen-bond donors (Lipinski definition) is 0. The van der Waals surface area contributed by atoms with Gasteiger partial charge in [0, 0.05) is 31.5 Å². The van der Waals surface area contributed by atoms with Crippen molar-refractivity contribution < 1.29 is 9.53 Å². The fourth-order valence-corrected chi connectivity index (χ4v) is 4.32. The zero-order valence-corrected chi connectivity index (χ0v) is 16.0. The summed E-state index contributed by atoms with van der Waals surface area (Å²) in [5.74, 6) is 0.0928. The number of piperidine rings is 1. The quantitative estimate of drug-likeness (QED) is 0.640. The van der Waals surface area contributed by atoms with Gasteiger partial charge in [-0.15, -0.1) is 0 Å². The molecular weight excluding hydrogens is 368 g/mol. The summed E-state index contributed by atoms with van der Waals surface area (Å²) in [5, 5.41) is 1.29. The molecule has 0 unspecified atom stereocenters. The van der Waals surface area contributed by atoms with Gasteiger partial charge in [-0.2, -0.15) is 0 Å². The second-order valence-electron chi connectivity index (χ2n) is 6.54. The van der Waals surface area contributed by atoms with E-state index in [4.69, 9.17) is 16.3 Å². The molecule has 0 spiro atoms. The number of fused-ring (bicyclic) bond motifs is 1. The van der Waals surface area contributed by atoms with E-state index in [1.807, 2.05) is 54.3 Å². The topological polar surface area (TPSA) is 42.4 Å². The average Bonchev–Trinajstić information content (AvgIpc) is 3.06. The van der Waals surface area contributed by atoms with Crippen LogP contribution in [0.4, 0.5) is 0 Å². The molecule has 1 aliphatic heterocycles. The van der Waals surface area contributed by atoms with Gasteiger partial charge in [0.25, 0.3) is 11.1 Å². The Balaban J connectivity index is 1.37. The molecule has 6 heteroatoms. The van der Waals surface area contributed by atoms with E-state index in [9.17, 15) is 4.79 Å². The van der Waals surface area contributed by atoms with Gasteiger partial charge < -0.3 is 9.64 Å². The summed E-state index contributed by atoms with van der Waals surface area (Å²) in [7, 11) is 0. The van der Waals surface area contributed by atoms with E-state index in [0.29, 0.717) is 23.3 Å². The summed E-state index contributed by atoms with van der Waals surface area (Å²) in [6.07, 6.45) is 1.69. The predicted octanol–water partition coefficient (Wildman–Crippen LogP) is 4.94. The Morgan fingerprint density at radius 1 is 1.19 bits per heavy atom. The van der Waals surface area contributed by atoms with Crippen LogP contribution in [0.5, 0.6) is 5.19 Å². The predicted molar refractivity (Wildman–Crippen MR) is 105 cm³/mol. The molecule has 1 fully saturated rings. The smallest absolute Gasteiger partial charge is 0.274 e. The van der Waals surface area contributed by atoms with Gasteiger partial charge in [0.1, 0.15) is 11.6 Å². The third kappa shape index (κ3) is 3.55. The number of carbonyl (C=O) groups is 1. The Labute approximate surface area is 161 Å². The zero-order valence-electron chi connectivity index (χ0n) is 14.4. The van der Waals surface area contributed by atoms with Gasteiger partial charge >= 0.3 is 0 Å². The summed E-state index contributed by atoms with van der Waals surface area (Å²) >= 11 is 7.69. The molecule has 0 saturated carbocycles. The second kappa shape index (κ2) is 7.25. The van der Waals surface area contributed by atoms with Crippen LogP contribution in [0.2, 0.25) is 5.02 Å². The molecule has 1 aromatic heterocycles. The number of benzene rings is 2. The average molecular weight is 387 g/mol. The molecule has 1 saturated heterocycles. The van der Waals surface area contributed by atoms with Gasteiger partial charge in [0.05, 0.1) is 9.72 Å². The Morgan fingerprint density at radius 2 is 1.92 bits per heavy atom. The molecular formula is C20H19ClN2O2S.